The molecule has 3 heteroatoms. The lowest BCUT2D eigenvalue weighted by molar-refractivity contribution is 1.45. The van der Waals surface area contributed by atoms with Gasteiger partial charge in [-0.2, -0.15) is 0 Å². The average Bonchev–Trinajstić information content (AvgIpc) is 2.82. The molecule has 0 aliphatic rings. The van der Waals surface area contributed by atoms with Crippen LogP contribution in [0.15, 0.2) is 48.7 Å². The lowest BCUT2D eigenvalue weighted by atomic mass is 10.0. The Morgan fingerprint density at radius 3 is 2.61 bits per heavy atom. The monoisotopic (exact) mass is 256 g/mol. The average molecular weight is 257 g/mol. The van der Waals surface area contributed by atoms with Gasteiger partial charge in [0.05, 0.1) is 11.2 Å². The summed E-state index contributed by atoms with van der Waals surface area (Å²) >= 11 is 6.17. The summed E-state index contributed by atoms with van der Waals surface area (Å²) in [6, 6.07) is 14.2. The number of rotatable bonds is 2. The van der Waals surface area contributed by atoms with Crippen LogP contribution in [0.4, 0.5) is 5.69 Å². The van der Waals surface area contributed by atoms with Crippen molar-refractivity contribution in [2.45, 2.75) is 0 Å². The van der Waals surface area contributed by atoms with Crippen molar-refractivity contribution < 1.29 is 0 Å². The van der Waals surface area contributed by atoms with Gasteiger partial charge in [-0.05, 0) is 17.7 Å². The molecule has 1 heterocycles. The molecule has 2 aromatic carbocycles. The minimum absolute atomic E-state index is 0.739. The molecule has 2 N–H and O–H groups in total. The van der Waals surface area contributed by atoms with Gasteiger partial charge in [0, 0.05) is 29.2 Å². The summed E-state index contributed by atoms with van der Waals surface area (Å²) in [6.45, 7) is 0. The van der Waals surface area contributed by atoms with E-state index in [-0.39, 0.29) is 0 Å². The Hall–Kier alpha value is -1.93. The fraction of sp³-hybridized carbons (Fsp3) is 0.0667. The Morgan fingerprint density at radius 1 is 1.11 bits per heavy atom. The Labute approximate surface area is 111 Å². The van der Waals surface area contributed by atoms with Gasteiger partial charge in [-0.25, -0.2) is 0 Å². The van der Waals surface area contributed by atoms with E-state index < -0.39 is 0 Å². The van der Waals surface area contributed by atoms with Gasteiger partial charge in [0.2, 0.25) is 0 Å². The van der Waals surface area contributed by atoms with Crippen molar-refractivity contribution in [1.29, 1.82) is 0 Å². The van der Waals surface area contributed by atoms with Crippen molar-refractivity contribution in [2.75, 3.05) is 12.4 Å². The third-order valence-electron chi connectivity index (χ3n) is 3.11. The van der Waals surface area contributed by atoms with Crippen LogP contribution < -0.4 is 5.32 Å². The van der Waals surface area contributed by atoms with Gasteiger partial charge in [0.25, 0.3) is 0 Å². The second-order valence-electron chi connectivity index (χ2n) is 4.19. The minimum Gasteiger partial charge on any atom is -0.386 e. The van der Waals surface area contributed by atoms with E-state index in [1.807, 2.05) is 43.6 Å². The molecule has 0 bridgehead atoms. The molecule has 0 atom stereocenters. The van der Waals surface area contributed by atoms with Crippen molar-refractivity contribution in [3.8, 4) is 11.1 Å². The maximum Gasteiger partial charge on any atom is 0.0697 e. The number of aromatic amines is 1. The van der Waals surface area contributed by atoms with Crippen LogP contribution in [0.3, 0.4) is 0 Å². The number of anilines is 1. The molecule has 0 saturated carbocycles. The molecule has 1 aromatic heterocycles. The summed E-state index contributed by atoms with van der Waals surface area (Å²) in [6.07, 6.45) is 2.02. The summed E-state index contributed by atoms with van der Waals surface area (Å²) in [5, 5.41) is 5.04. The van der Waals surface area contributed by atoms with Crippen LogP contribution in [0.1, 0.15) is 0 Å². The van der Waals surface area contributed by atoms with E-state index in [1.165, 1.54) is 11.1 Å². The van der Waals surface area contributed by atoms with Crippen LogP contribution in [-0.4, -0.2) is 12.0 Å². The molecule has 0 radical (unpaired) electrons. The topological polar surface area (TPSA) is 27.8 Å². The summed E-state index contributed by atoms with van der Waals surface area (Å²) in [7, 11) is 1.90. The molecule has 3 rings (SSSR count). The molecular formula is C15H13ClN2. The minimum atomic E-state index is 0.739. The molecule has 0 amide bonds. The standard InChI is InChI=1S/C15H13ClN2/c1-17-14-8-11(16)7-12-13(9-18-15(12)14)10-5-3-2-4-6-10/h2-9,17-18H,1H3. The van der Waals surface area contributed by atoms with Crippen LogP contribution in [0, 0.1) is 0 Å². The maximum absolute atomic E-state index is 6.17. The Bertz CT molecular complexity index is 686. The Morgan fingerprint density at radius 2 is 1.89 bits per heavy atom. The van der Waals surface area contributed by atoms with Crippen LogP contribution >= 0.6 is 11.6 Å². The SMILES string of the molecule is CNc1cc(Cl)cc2c(-c3ccccc3)c[nH]c12. The number of halogens is 1. The van der Waals surface area contributed by atoms with Gasteiger partial charge < -0.3 is 10.3 Å². The highest BCUT2D eigenvalue weighted by molar-refractivity contribution is 6.32. The summed E-state index contributed by atoms with van der Waals surface area (Å²) in [4.78, 5) is 3.31. The van der Waals surface area contributed by atoms with E-state index in [2.05, 4.69) is 22.4 Å². The number of hydrogen-bond donors (Lipinski definition) is 2. The zero-order valence-electron chi connectivity index (χ0n) is 10.00. The van der Waals surface area contributed by atoms with Gasteiger partial charge in [-0.15, -0.1) is 0 Å². The summed E-state index contributed by atoms with van der Waals surface area (Å²) < 4.78 is 0. The summed E-state index contributed by atoms with van der Waals surface area (Å²) in [5.74, 6) is 0. The molecule has 18 heavy (non-hydrogen) atoms. The van der Waals surface area contributed by atoms with Crippen LogP contribution in [-0.2, 0) is 0 Å². The van der Waals surface area contributed by atoms with Crippen molar-refractivity contribution in [2.24, 2.45) is 0 Å². The molecule has 0 saturated heterocycles. The molecule has 2 nitrogen and oxygen atoms in total. The van der Waals surface area contributed by atoms with Crippen molar-refractivity contribution in [3.63, 3.8) is 0 Å². The van der Waals surface area contributed by atoms with Gasteiger partial charge in [-0.1, -0.05) is 41.9 Å². The number of fused-ring (bicyclic) bond motifs is 1. The van der Waals surface area contributed by atoms with E-state index in [0.717, 1.165) is 21.6 Å². The molecule has 0 aliphatic carbocycles. The first-order chi connectivity index (χ1) is 8.79. The molecule has 0 fully saturated rings. The van der Waals surface area contributed by atoms with E-state index >= 15 is 0 Å². The van der Waals surface area contributed by atoms with Crippen molar-refractivity contribution in [3.05, 3.63) is 53.7 Å². The highest BCUT2D eigenvalue weighted by atomic mass is 35.5. The molecule has 0 unspecified atom stereocenters. The highest BCUT2D eigenvalue weighted by Crippen LogP contribution is 2.34. The van der Waals surface area contributed by atoms with E-state index in [9.17, 15) is 0 Å². The largest absolute Gasteiger partial charge is 0.386 e. The second-order valence-corrected chi connectivity index (χ2v) is 4.63. The number of H-pyrrole nitrogens is 1. The van der Waals surface area contributed by atoms with Crippen LogP contribution in [0.5, 0.6) is 0 Å². The predicted molar refractivity (Wildman–Crippen MR) is 78.3 cm³/mol. The molecule has 0 spiro atoms. The van der Waals surface area contributed by atoms with E-state index in [4.69, 9.17) is 11.6 Å². The maximum atomic E-state index is 6.17. The van der Waals surface area contributed by atoms with Gasteiger partial charge in [0.15, 0.2) is 0 Å². The first-order valence-corrected chi connectivity index (χ1v) is 6.21. The number of benzene rings is 2. The van der Waals surface area contributed by atoms with E-state index in [1.54, 1.807) is 0 Å². The number of hydrogen-bond acceptors (Lipinski definition) is 1. The van der Waals surface area contributed by atoms with E-state index in [0.29, 0.717) is 0 Å². The zero-order valence-corrected chi connectivity index (χ0v) is 10.8. The normalized spacial score (nSPS) is 10.8. The predicted octanol–water partition coefficient (Wildman–Crippen LogP) is 4.53. The van der Waals surface area contributed by atoms with Crippen molar-refractivity contribution >= 4 is 28.2 Å². The quantitative estimate of drug-likeness (QED) is 0.693. The van der Waals surface area contributed by atoms with Gasteiger partial charge in [-0.3, -0.25) is 0 Å². The molecule has 0 aliphatic heterocycles. The smallest absolute Gasteiger partial charge is 0.0697 e. The van der Waals surface area contributed by atoms with Gasteiger partial charge in [0.1, 0.15) is 0 Å². The molecule has 90 valence electrons. The molecule has 3 aromatic rings. The van der Waals surface area contributed by atoms with Gasteiger partial charge >= 0.3 is 0 Å². The number of aromatic nitrogens is 1. The second kappa shape index (κ2) is 4.39. The number of nitrogens with one attached hydrogen (secondary N) is 2. The third-order valence-corrected chi connectivity index (χ3v) is 3.33. The van der Waals surface area contributed by atoms with Crippen LogP contribution in [0.25, 0.3) is 22.0 Å². The Kier molecular flexibility index (Phi) is 2.73. The van der Waals surface area contributed by atoms with Crippen LogP contribution in [0.2, 0.25) is 5.02 Å². The first-order valence-electron chi connectivity index (χ1n) is 5.83. The first kappa shape index (κ1) is 11.2. The third kappa shape index (κ3) is 1.75. The fourth-order valence-corrected chi connectivity index (χ4v) is 2.47. The summed E-state index contributed by atoms with van der Waals surface area (Å²) in [5.41, 5.74) is 4.46. The fourth-order valence-electron chi connectivity index (χ4n) is 2.25. The Balaban J connectivity index is 2.30. The highest BCUT2D eigenvalue weighted by Gasteiger charge is 2.09. The lowest BCUT2D eigenvalue weighted by Gasteiger charge is -2.04. The molecular weight excluding hydrogens is 244 g/mol. The van der Waals surface area contributed by atoms with Crippen molar-refractivity contribution in [1.82, 2.24) is 4.98 Å². The zero-order chi connectivity index (χ0) is 12.5. The lowest BCUT2D eigenvalue weighted by Crippen LogP contribution is -1.89.